The van der Waals surface area contributed by atoms with Crippen LogP contribution in [0.3, 0.4) is 0 Å². The van der Waals surface area contributed by atoms with Gasteiger partial charge in [0.05, 0.1) is 5.56 Å². The minimum atomic E-state index is -3.55. The molecular formula is C7H5CaNO3S+2. The first kappa shape index (κ1) is 11.0. The van der Waals surface area contributed by atoms with Crippen molar-refractivity contribution >= 4 is 53.7 Å². The molecule has 0 unspecified atom stereocenters. The van der Waals surface area contributed by atoms with Crippen LogP contribution in [0.15, 0.2) is 29.2 Å². The molecule has 4 nitrogen and oxygen atoms in total. The molecule has 1 heterocycles. The summed E-state index contributed by atoms with van der Waals surface area (Å²) in [5.74, 6) is -0.550. The van der Waals surface area contributed by atoms with Gasteiger partial charge in [-0.25, -0.2) is 13.1 Å². The molecule has 0 radical (unpaired) electrons. The minimum absolute atomic E-state index is 0. The average Bonchev–Trinajstić information content (AvgIpc) is 2.25. The van der Waals surface area contributed by atoms with Crippen LogP contribution in [0.2, 0.25) is 0 Å². The topological polar surface area (TPSA) is 63.2 Å². The number of sulfonamides is 1. The van der Waals surface area contributed by atoms with Crippen molar-refractivity contribution in [2.24, 2.45) is 0 Å². The maximum atomic E-state index is 11.1. The Labute approximate surface area is 105 Å². The molecule has 2 rings (SSSR count). The Balaban J connectivity index is 0.000000845. The summed E-state index contributed by atoms with van der Waals surface area (Å²) in [5, 5.41) is 0. The third-order valence-corrected chi connectivity index (χ3v) is 3.04. The van der Waals surface area contributed by atoms with E-state index in [0.29, 0.717) is 0 Å². The van der Waals surface area contributed by atoms with Crippen LogP contribution < -0.4 is 4.72 Å². The quantitative estimate of drug-likeness (QED) is 0.616. The van der Waals surface area contributed by atoms with E-state index in [-0.39, 0.29) is 48.2 Å². The van der Waals surface area contributed by atoms with Crippen molar-refractivity contribution in [1.82, 2.24) is 4.72 Å². The van der Waals surface area contributed by atoms with E-state index in [0.717, 1.165) is 0 Å². The Bertz CT molecular complexity index is 455. The minimum Gasteiger partial charge on any atom is -0.268 e. The molecule has 1 amide bonds. The fourth-order valence-electron chi connectivity index (χ4n) is 1.12. The van der Waals surface area contributed by atoms with E-state index >= 15 is 0 Å². The van der Waals surface area contributed by atoms with Gasteiger partial charge in [-0.1, -0.05) is 12.1 Å². The third-order valence-electron chi connectivity index (χ3n) is 1.65. The molecule has 6 heteroatoms. The van der Waals surface area contributed by atoms with Crippen LogP contribution in [0.5, 0.6) is 0 Å². The van der Waals surface area contributed by atoms with Gasteiger partial charge in [0.15, 0.2) is 0 Å². The van der Waals surface area contributed by atoms with Gasteiger partial charge in [0.25, 0.3) is 15.9 Å². The first-order valence-electron chi connectivity index (χ1n) is 3.27. The fraction of sp³-hybridized carbons (Fsp3) is 0. The van der Waals surface area contributed by atoms with Gasteiger partial charge in [-0.15, -0.1) is 0 Å². The number of hydrogen-bond acceptors (Lipinski definition) is 3. The molecule has 0 atom stereocenters. The summed E-state index contributed by atoms with van der Waals surface area (Å²) in [5.41, 5.74) is 0.220. The van der Waals surface area contributed by atoms with Gasteiger partial charge in [-0.3, -0.25) is 4.79 Å². The second-order valence-corrected chi connectivity index (χ2v) is 4.08. The SMILES string of the molecule is O=C1NS(=O)(=O)c2ccccc21.[Ca+2]. The summed E-state index contributed by atoms with van der Waals surface area (Å²) in [6.07, 6.45) is 0. The molecule has 0 fully saturated rings. The Morgan fingerprint density at radius 2 is 1.77 bits per heavy atom. The van der Waals surface area contributed by atoms with E-state index in [1.807, 2.05) is 4.72 Å². The number of rotatable bonds is 0. The van der Waals surface area contributed by atoms with E-state index in [9.17, 15) is 13.2 Å². The first-order valence-corrected chi connectivity index (χ1v) is 4.76. The monoisotopic (exact) mass is 223 g/mol. The largest absolute Gasteiger partial charge is 2.00 e. The molecule has 0 aliphatic carbocycles. The molecule has 13 heavy (non-hydrogen) atoms. The second-order valence-electron chi connectivity index (χ2n) is 2.43. The number of nitrogens with one attached hydrogen (secondary N) is 1. The predicted molar refractivity (Wildman–Crippen MR) is 46.8 cm³/mol. The van der Waals surface area contributed by atoms with Gasteiger partial charge >= 0.3 is 37.7 Å². The van der Waals surface area contributed by atoms with Crippen LogP contribution >= 0.6 is 0 Å². The molecule has 1 aromatic carbocycles. The summed E-state index contributed by atoms with van der Waals surface area (Å²) in [4.78, 5) is 11.1. The second kappa shape index (κ2) is 3.57. The zero-order chi connectivity index (χ0) is 8.77. The van der Waals surface area contributed by atoms with Crippen molar-refractivity contribution < 1.29 is 13.2 Å². The number of carbonyl (C=O) groups excluding carboxylic acids is 1. The molecule has 0 saturated heterocycles. The number of hydrogen-bond donors (Lipinski definition) is 1. The van der Waals surface area contributed by atoms with Crippen molar-refractivity contribution in [1.29, 1.82) is 0 Å². The van der Waals surface area contributed by atoms with Gasteiger partial charge in [-0.05, 0) is 12.1 Å². The van der Waals surface area contributed by atoms with Crippen LogP contribution in [-0.2, 0) is 10.0 Å². The molecule has 0 bridgehead atoms. The maximum absolute atomic E-state index is 11.1. The van der Waals surface area contributed by atoms with Crippen molar-refractivity contribution in [2.45, 2.75) is 4.90 Å². The Morgan fingerprint density at radius 1 is 1.15 bits per heavy atom. The molecule has 1 aliphatic rings. The van der Waals surface area contributed by atoms with E-state index < -0.39 is 15.9 Å². The Morgan fingerprint density at radius 3 is 2.38 bits per heavy atom. The van der Waals surface area contributed by atoms with Crippen LogP contribution in [0.25, 0.3) is 0 Å². The smallest absolute Gasteiger partial charge is 0.268 e. The third kappa shape index (κ3) is 1.74. The molecule has 1 aliphatic heterocycles. The van der Waals surface area contributed by atoms with Crippen LogP contribution in [0.4, 0.5) is 0 Å². The molecule has 0 spiro atoms. The van der Waals surface area contributed by atoms with Crippen LogP contribution in [-0.4, -0.2) is 52.1 Å². The Kier molecular flexibility index (Phi) is 3.01. The van der Waals surface area contributed by atoms with Crippen molar-refractivity contribution in [3.63, 3.8) is 0 Å². The van der Waals surface area contributed by atoms with Crippen LogP contribution in [0, 0.1) is 0 Å². The summed E-state index contributed by atoms with van der Waals surface area (Å²) >= 11 is 0. The number of amides is 1. The number of fused-ring (bicyclic) bond motifs is 1. The van der Waals surface area contributed by atoms with Gasteiger partial charge in [0, 0.05) is 0 Å². The average molecular weight is 223 g/mol. The van der Waals surface area contributed by atoms with Crippen molar-refractivity contribution in [2.75, 3.05) is 0 Å². The summed E-state index contributed by atoms with van der Waals surface area (Å²) in [6, 6.07) is 6.09. The normalized spacial score (nSPS) is 17.1. The number of carbonyl (C=O) groups is 1. The summed E-state index contributed by atoms with van der Waals surface area (Å²) < 4.78 is 24.2. The maximum Gasteiger partial charge on any atom is 2.00 e. The van der Waals surface area contributed by atoms with Gasteiger partial charge < -0.3 is 0 Å². The zero-order valence-corrected chi connectivity index (χ0v) is 9.67. The zero-order valence-electron chi connectivity index (χ0n) is 6.65. The van der Waals surface area contributed by atoms with Gasteiger partial charge in [0.1, 0.15) is 4.90 Å². The fourth-order valence-corrected chi connectivity index (χ4v) is 2.29. The van der Waals surface area contributed by atoms with E-state index in [2.05, 4.69) is 0 Å². The van der Waals surface area contributed by atoms with Gasteiger partial charge in [0.2, 0.25) is 0 Å². The summed E-state index contributed by atoms with van der Waals surface area (Å²) in [7, 11) is -3.55. The number of benzene rings is 1. The summed E-state index contributed by atoms with van der Waals surface area (Å²) in [6.45, 7) is 0. The van der Waals surface area contributed by atoms with Crippen molar-refractivity contribution in [3.05, 3.63) is 29.8 Å². The first-order chi connectivity index (χ1) is 5.61. The molecule has 1 N–H and O–H groups in total. The van der Waals surface area contributed by atoms with Gasteiger partial charge in [-0.2, -0.15) is 0 Å². The van der Waals surface area contributed by atoms with Crippen molar-refractivity contribution in [3.8, 4) is 0 Å². The Hall–Kier alpha value is -0.100. The molecule has 0 saturated carbocycles. The van der Waals surface area contributed by atoms with Crippen LogP contribution in [0.1, 0.15) is 10.4 Å². The standard InChI is InChI=1S/C7H5NO3S.Ca/c9-7-5-3-1-2-4-6(5)12(10,11)8-7;/h1-4H,(H,8,9);/q;+2. The molecular weight excluding hydrogens is 218 g/mol. The predicted octanol–water partition coefficient (Wildman–Crippen LogP) is -0.262. The molecule has 62 valence electrons. The van der Waals surface area contributed by atoms with E-state index in [1.165, 1.54) is 12.1 Å². The molecule has 0 aromatic heterocycles. The van der Waals surface area contributed by atoms with E-state index in [1.54, 1.807) is 12.1 Å². The van der Waals surface area contributed by atoms with E-state index in [4.69, 9.17) is 0 Å². The molecule has 1 aromatic rings.